The van der Waals surface area contributed by atoms with Crippen LogP contribution in [0.5, 0.6) is 5.75 Å². The Morgan fingerprint density at radius 1 is 1.00 bits per heavy atom. The fourth-order valence-corrected chi connectivity index (χ4v) is 4.68. The zero-order valence-corrected chi connectivity index (χ0v) is 16.8. The van der Waals surface area contributed by atoms with Crippen LogP contribution in [0, 0.1) is 0 Å². The molecule has 0 unspecified atom stereocenters. The van der Waals surface area contributed by atoms with Crippen molar-refractivity contribution in [3.63, 3.8) is 0 Å². The van der Waals surface area contributed by atoms with Crippen LogP contribution < -0.4 is 0 Å². The van der Waals surface area contributed by atoms with Crippen LogP contribution in [-0.4, -0.2) is 33.6 Å². The largest absolute Gasteiger partial charge is 0.508 e. The number of amides is 1. The van der Waals surface area contributed by atoms with Gasteiger partial charge in [-0.25, -0.2) is 0 Å². The minimum Gasteiger partial charge on any atom is -0.508 e. The first-order chi connectivity index (χ1) is 14.6. The van der Waals surface area contributed by atoms with E-state index in [1.54, 1.807) is 6.07 Å². The molecule has 1 aliphatic heterocycles. The molecule has 150 valence electrons. The minimum atomic E-state index is 0.0220. The van der Waals surface area contributed by atoms with Gasteiger partial charge in [0, 0.05) is 36.2 Å². The van der Waals surface area contributed by atoms with Gasteiger partial charge in [-0.05, 0) is 71.1 Å². The Bertz CT molecular complexity index is 1260. The number of nitrogens with zero attached hydrogens (tertiary/aromatic N) is 2. The van der Waals surface area contributed by atoms with Crippen LogP contribution in [0.4, 0.5) is 0 Å². The molecule has 2 heterocycles. The van der Waals surface area contributed by atoms with E-state index in [1.165, 1.54) is 17.0 Å². The molecule has 1 amide bonds. The lowest BCUT2D eigenvalue weighted by molar-refractivity contribution is -0.127. The fourth-order valence-electron chi connectivity index (χ4n) is 4.68. The van der Waals surface area contributed by atoms with Gasteiger partial charge in [0.2, 0.25) is 5.91 Å². The monoisotopic (exact) mass is 396 g/mol. The number of phenolic OH excluding ortho intramolecular Hbond substituents is 1. The molecule has 1 saturated heterocycles. The maximum absolute atomic E-state index is 11.8. The Morgan fingerprint density at radius 3 is 2.60 bits per heavy atom. The Labute approximate surface area is 175 Å². The van der Waals surface area contributed by atoms with Crippen molar-refractivity contribution >= 4 is 27.6 Å². The average molecular weight is 396 g/mol. The van der Waals surface area contributed by atoms with Crippen LogP contribution in [0.1, 0.15) is 18.9 Å². The molecule has 30 heavy (non-hydrogen) atoms. The van der Waals surface area contributed by atoms with Crippen LogP contribution in [0.3, 0.4) is 0 Å². The third kappa shape index (κ3) is 3.14. The van der Waals surface area contributed by atoms with Crippen molar-refractivity contribution in [1.29, 1.82) is 0 Å². The predicted molar refractivity (Wildman–Crippen MR) is 122 cm³/mol. The van der Waals surface area contributed by atoms with E-state index in [4.69, 9.17) is 0 Å². The van der Waals surface area contributed by atoms with Crippen molar-refractivity contribution in [2.75, 3.05) is 13.1 Å². The standard InChI is InChI=1S/C26H24N2O2/c1-2-26(30)27-12-10-21(11-13-27)28-14-9-20-15-19(7-8-25(20)28)24-17-22(29)16-18-5-3-4-6-23(18)24/h2-9,14-17,21,29H,1,10-13H2. The van der Waals surface area contributed by atoms with E-state index in [2.05, 4.69) is 47.7 Å². The molecule has 4 heteroatoms. The lowest BCUT2D eigenvalue weighted by atomic mass is 9.97. The molecule has 0 saturated carbocycles. The fraction of sp³-hybridized carbons (Fsp3) is 0.192. The number of phenols is 1. The number of hydrogen-bond donors (Lipinski definition) is 1. The number of hydrogen-bond acceptors (Lipinski definition) is 2. The van der Waals surface area contributed by atoms with Gasteiger partial charge in [-0.2, -0.15) is 0 Å². The summed E-state index contributed by atoms with van der Waals surface area (Å²) in [6.07, 6.45) is 5.45. The molecule has 3 aromatic carbocycles. The molecule has 1 N–H and O–H groups in total. The van der Waals surface area contributed by atoms with Gasteiger partial charge < -0.3 is 14.6 Å². The number of aromatic hydroxyl groups is 1. The minimum absolute atomic E-state index is 0.0220. The summed E-state index contributed by atoms with van der Waals surface area (Å²) in [5, 5.41) is 13.6. The third-order valence-electron chi connectivity index (χ3n) is 6.22. The Hall–Kier alpha value is -3.53. The molecule has 0 bridgehead atoms. The summed E-state index contributed by atoms with van der Waals surface area (Å²) in [4.78, 5) is 13.7. The van der Waals surface area contributed by atoms with Gasteiger partial charge in [0.1, 0.15) is 5.75 Å². The van der Waals surface area contributed by atoms with Crippen molar-refractivity contribution in [1.82, 2.24) is 9.47 Å². The molecule has 0 radical (unpaired) electrons. The zero-order valence-electron chi connectivity index (χ0n) is 16.8. The Kier molecular flexibility index (Phi) is 4.55. The highest BCUT2D eigenvalue weighted by molar-refractivity contribution is 5.99. The van der Waals surface area contributed by atoms with E-state index in [-0.39, 0.29) is 11.7 Å². The summed E-state index contributed by atoms with van der Waals surface area (Å²) in [5.74, 6) is 0.302. The second kappa shape index (κ2) is 7.38. The van der Waals surface area contributed by atoms with E-state index in [1.807, 2.05) is 29.2 Å². The van der Waals surface area contributed by atoms with Crippen LogP contribution in [-0.2, 0) is 4.79 Å². The summed E-state index contributed by atoms with van der Waals surface area (Å²) in [6.45, 7) is 5.12. The van der Waals surface area contributed by atoms with Crippen LogP contribution in [0.15, 0.2) is 79.5 Å². The van der Waals surface area contributed by atoms with Gasteiger partial charge in [0.25, 0.3) is 0 Å². The number of aromatic nitrogens is 1. The number of rotatable bonds is 3. The first-order valence-electron chi connectivity index (χ1n) is 10.4. The van der Waals surface area contributed by atoms with Crippen LogP contribution >= 0.6 is 0 Å². The first-order valence-corrected chi connectivity index (χ1v) is 10.4. The maximum Gasteiger partial charge on any atom is 0.245 e. The summed E-state index contributed by atoms with van der Waals surface area (Å²) < 4.78 is 2.34. The second-order valence-corrected chi connectivity index (χ2v) is 7.97. The molecule has 5 rings (SSSR count). The third-order valence-corrected chi connectivity index (χ3v) is 6.22. The van der Waals surface area contributed by atoms with Crippen LogP contribution in [0.25, 0.3) is 32.8 Å². The lowest BCUT2D eigenvalue weighted by Crippen LogP contribution is -2.37. The molecule has 1 aliphatic rings. The second-order valence-electron chi connectivity index (χ2n) is 7.97. The summed E-state index contributed by atoms with van der Waals surface area (Å²) in [6, 6.07) is 20.8. The molecule has 1 aromatic heterocycles. The number of carbonyl (C=O) groups is 1. The molecule has 0 spiro atoms. The van der Waals surface area contributed by atoms with Gasteiger partial charge in [0.15, 0.2) is 0 Å². The maximum atomic E-state index is 11.8. The molecule has 4 nitrogen and oxygen atoms in total. The summed E-state index contributed by atoms with van der Waals surface area (Å²) in [7, 11) is 0. The van der Waals surface area contributed by atoms with Crippen molar-refractivity contribution in [3.8, 4) is 16.9 Å². The number of fused-ring (bicyclic) bond motifs is 2. The average Bonchev–Trinajstić information content (AvgIpc) is 3.21. The van der Waals surface area contributed by atoms with Crippen molar-refractivity contribution in [2.45, 2.75) is 18.9 Å². The van der Waals surface area contributed by atoms with Crippen molar-refractivity contribution in [2.24, 2.45) is 0 Å². The Morgan fingerprint density at radius 2 is 1.80 bits per heavy atom. The predicted octanol–water partition coefficient (Wildman–Crippen LogP) is 5.52. The molecule has 0 aliphatic carbocycles. The highest BCUT2D eigenvalue weighted by Crippen LogP contribution is 2.35. The molecular formula is C26H24N2O2. The van der Waals surface area contributed by atoms with Gasteiger partial charge >= 0.3 is 0 Å². The quantitative estimate of drug-likeness (QED) is 0.464. The molecule has 0 atom stereocenters. The van der Waals surface area contributed by atoms with Gasteiger partial charge in [-0.15, -0.1) is 0 Å². The topological polar surface area (TPSA) is 45.5 Å². The summed E-state index contributed by atoms with van der Waals surface area (Å²) >= 11 is 0. The van der Waals surface area contributed by atoms with E-state index < -0.39 is 0 Å². The Balaban J connectivity index is 1.48. The van der Waals surface area contributed by atoms with E-state index in [0.717, 1.165) is 47.8 Å². The molecular weight excluding hydrogens is 372 g/mol. The van der Waals surface area contributed by atoms with E-state index >= 15 is 0 Å². The number of carbonyl (C=O) groups excluding carboxylic acids is 1. The van der Waals surface area contributed by atoms with Gasteiger partial charge in [-0.1, -0.05) is 36.9 Å². The van der Waals surface area contributed by atoms with Crippen LogP contribution in [0.2, 0.25) is 0 Å². The SMILES string of the molecule is C=CC(=O)N1CCC(n2ccc3cc(-c4cc(O)cc5ccccc45)ccc32)CC1. The smallest absolute Gasteiger partial charge is 0.245 e. The van der Waals surface area contributed by atoms with Gasteiger partial charge in [0.05, 0.1) is 0 Å². The summed E-state index contributed by atoms with van der Waals surface area (Å²) in [5.41, 5.74) is 3.34. The zero-order chi connectivity index (χ0) is 20.7. The number of piperidine rings is 1. The highest BCUT2D eigenvalue weighted by Gasteiger charge is 2.23. The van der Waals surface area contributed by atoms with E-state index in [0.29, 0.717) is 6.04 Å². The normalized spacial score (nSPS) is 15.0. The van der Waals surface area contributed by atoms with E-state index in [9.17, 15) is 9.90 Å². The number of likely N-dealkylation sites (tertiary alicyclic amines) is 1. The van der Waals surface area contributed by atoms with Crippen molar-refractivity contribution < 1.29 is 9.90 Å². The number of benzene rings is 3. The van der Waals surface area contributed by atoms with Gasteiger partial charge in [-0.3, -0.25) is 4.79 Å². The lowest BCUT2D eigenvalue weighted by Gasteiger charge is -2.32. The molecule has 4 aromatic rings. The molecule has 1 fully saturated rings. The van der Waals surface area contributed by atoms with Crippen molar-refractivity contribution in [3.05, 3.63) is 79.5 Å². The first kappa shape index (κ1) is 18.5. The highest BCUT2D eigenvalue weighted by atomic mass is 16.3.